The highest BCUT2D eigenvalue weighted by atomic mass is 16.5. The molecule has 1 radical (unpaired) electrons. The second kappa shape index (κ2) is 2.99. The summed E-state index contributed by atoms with van der Waals surface area (Å²) in [6.07, 6.45) is 0.931. The molecule has 0 spiro atoms. The lowest BCUT2D eigenvalue weighted by molar-refractivity contribution is 0.116. The van der Waals surface area contributed by atoms with Crippen molar-refractivity contribution >= 4 is 0 Å². The van der Waals surface area contributed by atoms with Crippen molar-refractivity contribution in [3.05, 3.63) is 6.61 Å². The maximum Gasteiger partial charge on any atom is 0.0860 e. The Hall–Kier alpha value is -0.0800. The van der Waals surface area contributed by atoms with E-state index in [1.165, 1.54) is 0 Å². The highest BCUT2D eigenvalue weighted by Gasteiger charge is 1.95. The SMILES string of the molecule is [CH]1CCOCCO1. The van der Waals surface area contributed by atoms with Crippen molar-refractivity contribution in [1.29, 1.82) is 0 Å². The first-order chi connectivity index (χ1) is 3.50. The molecule has 0 aromatic rings. The molecule has 0 amide bonds. The first-order valence-corrected chi connectivity index (χ1v) is 2.51. The molecule has 1 rings (SSSR count). The van der Waals surface area contributed by atoms with Gasteiger partial charge in [0.15, 0.2) is 0 Å². The van der Waals surface area contributed by atoms with Crippen LogP contribution in [0.5, 0.6) is 0 Å². The van der Waals surface area contributed by atoms with Crippen molar-refractivity contribution < 1.29 is 9.47 Å². The molecule has 0 unspecified atom stereocenters. The van der Waals surface area contributed by atoms with Gasteiger partial charge in [0.2, 0.25) is 0 Å². The zero-order valence-electron chi connectivity index (χ0n) is 4.22. The Bertz CT molecular complexity index is 25.7. The summed E-state index contributed by atoms with van der Waals surface area (Å²) >= 11 is 0. The minimum atomic E-state index is 0.722. The Kier molecular flexibility index (Phi) is 2.17. The molecule has 0 N–H and O–H groups in total. The first kappa shape index (κ1) is 5.06. The third-order valence-electron chi connectivity index (χ3n) is 0.843. The molecule has 1 aliphatic rings. The molecule has 0 bridgehead atoms. The zero-order valence-corrected chi connectivity index (χ0v) is 4.22. The monoisotopic (exact) mass is 101 g/mol. The summed E-state index contributed by atoms with van der Waals surface area (Å²) in [5.74, 6) is 0. The summed E-state index contributed by atoms with van der Waals surface area (Å²) in [4.78, 5) is 0. The third kappa shape index (κ3) is 1.90. The van der Waals surface area contributed by atoms with Crippen LogP contribution in [0.15, 0.2) is 0 Å². The molecule has 1 aliphatic heterocycles. The summed E-state index contributed by atoms with van der Waals surface area (Å²) in [5, 5.41) is 0. The Morgan fingerprint density at radius 2 is 2.14 bits per heavy atom. The Labute approximate surface area is 43.4 Å². The lowest BCUT2D eigenvalue weighted by Crippen LogP contribution is -1.95. The van der Waals surface area contributed by atoms with E-state index >= 15 is 0 Å². The van der Waals surface area contributed by atoms with Gasteiger partial charge in [-0.05, 0) is 6.42 Å². The first-order valence-electron chi connectivity index (χ1n) is 2.51. The van der Waals surface area contributed by atoms with Crippen LogP contribution in [-0.2, 0) is 9.47 Å². The summed E-state index contributed by atoms with van der Waals surface area (Å²) in [5.41, 5.74) is 0. The molecular formula is C5H9O2. The molecule has 1 fully saturated rings. The van der Waals surface area contributed by atoms with Crippen LogP contribution in [0.25, 0.3) is 0 Å². The largest absolute Gasteiger partial charge is 0.379 e. The van der Waals surface area contributed by atoms with E-state index in [4.69, 9.17) is 9.47 Å². The van der Waals surface area contributed by atoms with Crippen LogP contribution in [-0.4, -0.2) is 19.8 Å². The molecule has 0 saturated carbocycles. The quantitative estimate of drug-likeness (QED) is 0.444. The van der Waals surface area contributed by atoms with E-state index < -0.39 is 0 Å². The topological polar surface area (TPSA) is 18.5 Å². The fraction of sp³-hybridized carbons (Fsp3) is 0.800. The lowest BCUT2D eigenvalue weighted by Gasteiger charge is -1.91. The van der Waals surface area contributed by atoms with Crippen molar-refractivity contribution in [1.82, 2.24) is 0 Å². The van der Waals surface area contributed by atoms with Crippen LogP contribution in [0.4, 0.5) is 0 Å². The maximum atomic E-state index is 5.04. The van der Waals surface area contributed by atoms with Gasteiger partial charge >= 0.3 is 0 Å². The van der Waals surface area contributed by atoms with Crippen LogP contribution in [0.1, 0.15) is 6.42 Å². The van der Waals surface area contributed by atoms with Crippen molar-refractivity contribution in [3.8, 4) is 0 Å². The molecule has 1 saturated heterocycles. The summed E-state index contributed by atoms with van der Waals surface area (Å²) in [6, 6.07) is 0. The molecule has 7 heavy (non-hydrogen) atoms. The van der Waals surface area contributed by atoms with Gasteiger partial charge in [0.05, 0.1) is 19.8 Å². The van der Waals surface area contributed by atoms with Gasteiger partial charge in [-0.1, -0.05) is 0 Å². The zero-order chi connectivity index (χ0) is 4.95. The van der Waals surface area contributed by atoms with Crippen molar-refractivity contribution in [2.75, 3.05) is 19.8 Å². The van der Waals surface area contributed by atoms with Crippen LogP contribution in [0.2, 0.25) is 0 Å². The standard InChI is InChI=1S/C5H9O2/c1-2-6-4-5-7-3-1/h2H,1,3-5H2. The maximum absolute atomic E-state index is 5.04. The Morgan fingerprint density at radius 3 is 3.14 bits per heavy atom. The van der Waals surface area contributed by atoms with Crippen molar-refractivity contribution in [2.45, 2.75) is 6.42 Å². The smallest absolute Gasteiger partial charge is 0.0860 e. The van der Waals surface area contributed by atoms with Crippen molar-refractivity contribution in [3.63, 3.8) is 0 Å². The van der Waals surface area contributed by atoms with Crippen LogP contribution >= 0.6 is 0 Å². The number of ether oxygens (including phenoxy) is 2. The average molecular weight is 101 g/mol. The van der Waals surface area contributed by atoms with Crippen LogP contribution in [0, 0.1) is 6.61 Å². The highest BCUT2D eigenvalue weighted by Crippen LogP contribution is 1.95. The van der Waals surface area contributed by atoms with Gasteiger partial charge in [0.1, 0.15) is 0 Å². The molecule has 0 aromatic carbocycles. The van der Waals surface area contributed by atoms with Gasteiger partial charge in [-0.25, -0.2) is 0 Å². The van der Waals surface area contributed by atoms with Gasteiger partial charge < -0.3 is 9.47 Å². The van der Waals surface area contributed by atoms with Gasteiger partial charge in [0, 0.05) is 6.61 Å². The lowest BCUT2D eigenvalue weighted by atomic mass is 10.5. The molecular weight excluding hydrogens is 92.1 g/mol. The summed E-state index contributed by atoms with van der Waals surface area (Å²) in [7, 11) is 0. The summed E-state index contributed by atoms with van der Waals surface area (Å²) < 4.78 is 9.98. The second-order valence-electron chi connectivity index (χ2n) is 1.44. The Balaban J connectivity index is 2.04. The van der Waals surface area contributed by atoms with Gasteiger partial charge in [-0.3, -0.25) is 0 Å². The minimum absolute atomic E-state index is 0.722. The predicted octanol–water partition coefficient (Wildman–Crippen LogP) is 0.585. The second-order valence-corrected chi connectivity index (χ2v) is 1.44. The molecule has 0 aromatic heterocycles. The molecule has 1 heterocycles. The normalized spacial score (nSPS) is 24.0. The van der Waals surface area contributed by atoms with Gasteiger partial charge in [-0.2, -0.15) is 0 Å². The molecule has 2 heteroatoms. The Morgan fingerprint density at radius 1 is 1.14 bits per heavy atom. The van der Waals surface area contributed by atoms with E-state index in [0.29, 0.717) is 0 Å². The van der Waals surface area contributed by atoms with E-state index in [0.717, 1.165) is 26.2 Å². The van der Waals surface area contributed by atoms with Gasteiger partial charge in [-0.15, -0.1) is 0 Å². The van der Waals surface area contributed by atoms with Gasteiger partial charge in [0.25, 0.3) is 0 Å². The van der Waals surface area contributed by atoms with E-state index in [2.05, 4.69) is 0 Å². The number of hydrogen-bond acceptors (Lipinski definition) is 2. The highest BCUT2D eigenvalue weighted by molar-refractivity contribution is 4.52. The fourth-order valence-electron chi connectivity index (χ4n) is 0.507. The minimum Gasteiger partial charge on any atom is -0.379 e. The fourth-order valence-corrected chi connectivity index (χ4v) is 0.507. The van der Waals surface area contributed by atoms with E-state index in [-0.39, 0.29) is 0 Å². The summed E-state index contributed by atoms with van der Waals surface area (Å²) in [6.45, 7) is 4.09. The molecule has 2 nitrogen and oxygen atoms in total. The van der Waals surface area contributed by atoms with Crippen LogP contribution < -0.4 is 0 Å². The van der Waals surface area contributed by atoms with E-state index in [1.807, 2.05) is 0 Å². The van der Waals surface area contributed by atoms with Crippen LogP contribution in [0.3, 0.4) is 0 Å². The molecule has 41 valence electrons. The third-order valence-corrected chi connectivity index (χ3v) is 0.843. The molecule has 0 atom stereocenters. The van der Waals surface area contributed by atoms with Crippen molar-refractivity contribution in [2.24, 2.45) is 0 Å². The van der Waals surface area contributed by atoms with E-state index in [9.17, 15) is 0 Å². The average Bonchev–Trinajstić information content (AvgIpc) is 1.90. The number of rotatable bonds is 0. The predicted molar refractivity (Wildman–Crippen MR) is 25.7 cm³/mol. The number of hydrogen-bond donors (Lipinski definition) is 0. The molecule has 0 aliphatic carbocycles. The van der Waals surface area contributed by atoms with E-state index in [1.54, 1.807) is 6.61 Å².